The molecular formula is C49H68N8O16S. The normalized spacial score (nSPS) is 14.0. The number of rotatable bonds is 39. The van der Waals surface area contributed by atoms with Crippen LogP contribution in [0.3, 0.4) is 0 Å². The van der Waals surface area contributed by atoms with E-state index >= 15 is 0 Å². The first-order valence-electron chi connectivity index (χ1n) is 24.0. The van der Waals surface area contributed by atoms with Crippen LogP contribution in [0.4, 0.5) is 4.79 Å². The van der Waals surface area contributed by atoms with Crippen LogP contribution in [0.2, 0.25) is 0 Å². The van der Waals surface area contributed by atoms with Crippen LogP contribution in [0.1, 0.15) is 101 Å². The Kier molecular flexibility index (Phi) is 29.5. The number of aliphatic imine (C=N–C) groups is 1. The first-order chi connectivity index (χ1) is 35.2. The van der Waals surface area contributed by atoms with E-state index in [0.717, 1.165) is 24.0 Å². The second-order valence-corrected chi connectivity index (χ2v) is 17.7. The predicted molar refractivity (Wildman–Crippen MR) is 269 cm³/mol. The summed E-state index contributed by atoms with van der Waals surface area (Å²) in [5.41, 5.74) is 14.2. The van der Waals surface area contributed by atoms with Crippen LogP contribution in [-0.2, 0) is 65.5 Å². The number of carbonyl (C=O) groups is 11. The standard InChI is InChI=1S/C49H68N8O16S/c50-34(45(66)54-37(26-43(64)65)46(67)55-38(28-74)48(70)71)27-52-44(51)32(23-30-13-7-5-8-14-30)25-39(60)36(24-31-15-9-6-10-16-31)53-40(61)18-12-4-2-1-3-11-17-33(59)19-20-35(47(68)69)56-49(72)57-41(73-29-58)21-22-42(62)63/h5-10,13-16,29,32,34-38,41,74H,1-4,11-12,17-28,50H2,(H2,51,52)(H,53,61)(H,54,66)(H,55,67)(H,62,63)(H,64,65)(H,68,69)(H,70,71)(H2,56,57,72)/t32-,34+,35+,36+,37+,38+,41-/m1/s1. The summed E-state index contributed by atoms with van der Waals surface area (Å²) in [6.07, 6.45) is 1.30. The highest BCUT2D eigenvalue weighted by Crippen LogP contribution is 2.18. The van der Waals surface area contributed by atoms with E-state index in [4.69, 9.17) is 16.6 Å². The molecule has 25 heteroatoms. The Morgan fingerprint density at radius 2 is 1.18 bits per heavy atom. The Bertz CT molecular complexity index is 2220. The molecule has 24 nitrogen and oxygen atoms in total. The van der Waals surface area contributed by atoms with Gasteiger partial charge in [0.25, 0.3) is 6.47 Å². The lowest BCUT2D eigenvalue weighted by Crippen LogP contribution is -2.56. The monoisotopic (exact) mass is 1060 g/mol. The SMILES string of the molecule is NC(=NC[C@H](N)C(=O)N[C@@H](CC(=O)O)C(=O)N[C@@H](CS)C(=O)O)[C@@H](CC(=O)[C@H](Cc1ccccc1)NC(=O)CCCCCCCCC(=O)CC[C@H](NC(=O)N[C@@H](CCC(=O)O)OC=O)C(=O)O)Cc1ccccc1. The lowest BCUT2D eigenvalue weighted by atomic mass is 9.89. The van der Waals surface area contributed by atoms with Gasteiger partial charge < -0.3 is 63.2 Å². The van der Waals surface area contributed by atoms with E-state index < -0.39 is 103 Å². The summed E-state index contributed by atoms with van der Waals surface area (Å²) in [6, 6.07) is 10.2. The van der Waals surface area contributed by atoms with Crippen LogP contribution < -0.4 is 38.1 Å². The van der Waals surface area contributed by atoms with Crippen molar-refractivity contribution in [3.63, 3.8) is 0 Å². The number of thiol groups is 1. The van der Waals surface area contributed by atoms with Gasteiger partial charge in [-0.2, -0.15) is 12.6 Å². The number of unbranched alkanes of at least 4 members (excludes halogenated alkanes) is 5. The maximum absolute atomic E-state index is 14.2. The van der Waals surface area contributed by atoms with Gasteiger partial charge in [0.1, 0.15) is 30.0 Å². The summed E-state index contributed by atoms with van der Waals surface area (Å²) in [6.45, 7) is -0.418. The molecule has 5 amide bonds. The number of amidine groups is 1. The molecule has 2 rings (SSSR count). The number of benzene rings is 2. The molecule has 0 aliphatic carbocycles. The zero-order valence-electron chi connectivity index (χ0n) is 40.9. The lowest BCUT2D eigenvalue weighted by Gasteiger charge is -2.23. The molecule has 0 spiro atoms. The van der Waals surface area contributed by atoms with Crippen molar-refractivity contribution in [1.29, 1.82) is 0 Å². The number of carboxylic acid groups (broad SMARTS) is 4. The van der Waals surface area contributed by atoms with Gasteiger partial charge in [-0.05, 0) is 43.2 Å². The summed E-state index contributed by atoms with van der Waals surface area (Å²) >= 11 is 3.87. The smallest absolute Gasteiger partial charge is 0.327 e. The average Bonchev–Trinajstić information content (AvgIpc) is 3.35. The summed E-state index contributed by atoms with van der Waals surface area (Å²) in [5, 5.41) is 48.5. The highest BCUT2D eigenvalue weighted by atomic mass is 32.1. The van der Waals surface area contributed by atoms with Crippen molar-refractivity contribution < 1.29 is 77.9 Å². The fourth-order valence-corrected chi connectivity index (χ4v) is 7.55. The lowest BCUT2D eigenvalue weighted by molar-refractivity contribution is -0.143. The summed E-state index contributed by atoms with van der Waals surface area (Å²) in [7, 11) is 0. The number of nitrogens with zero attached hydrogens (tertiary/aromatic N) is 1. The Morgan fingerprint density at radius 3 is 1.73 bits per heavy atom. The molecule has 0 saturated carbocycles. The summed E-state index contributed by atoms with van der Waals surface area (Å²) in [5.74, 6) is -9.50. The van der Waals surface area contributed by atoms with Crippen LogP contribution in [0, 0.1) is 5.92 Å². The van der Waals surface area contributed by atoms with Gasteiger partial charge in [0.05, 0.1) is 31.3 Å². The molecule has 13 N–H and O–H groups in total. The number of carbonyl (C=O) groups excluding carboxylic acids is 7. The molecule has 2 aromatic rings. The third-order valence-electron chi connectivity index (χ3n) is 11.4. The van der Waals surface area contributed by atoms with E-state index in [9.17, 15) is 68.1 Å². The first kappa shape index (κ1) is 62.7. The van der Waals surface area contributed by atoms with Crippen molar-refractivity contribution >= 4 is 84.1 Å². The number of amides is 5. The van der Waals surface area contributed by atoms with E-state index in [1.54, 1.807) is 24.3 Å². The van der Waals surface area contributed by atoms with Gasteiger partial charge >= 0.3 is 29.9 Å². The third-order valence-corrected chi connectivity index (χ3v) is 11.7. The number of ketones is 2. The highest BCUT2D eigenvalue weighted by Gasteiger charge is 2.31. The van der Waals surface area contributed by atoms with Gasteiger partial charge in [0.2, 0.25) is 17.7 Å². The zero-order valence-corrected chi connectivity index (χ0v) is 41.8. The van der Waals surface area contributed by atoms with Crippen molar-refractivity contribution in [2.75, 3.05) is 12.3 Å². The minimum Gasteiger partial charge on any atom is -0.481 e. The molecular weight excluding hydrogens is 989 g/mol. The molecule has 0 bridgehead atoms. The quantitative estimate of drug-likeness (QED) is 0.0112. The molecule has 0 fully saturated rings. The minimum atomic E-state index is -1.68. The topological polar surface area (TPSA) is 402 Å². The Labute approximate surface area is 433 Å². The second kappa shape index (κ2) is 34.9. The Morgan fingerprint density at radius 1 is 0.608 bits per heavy atom. The van der Waals surface area contributed by atoms with E-state index in [2.05, 4.69) is 48.9 Å². The van der Waals surface area contributed by atoms with Crippen LogP contribution >= 0.6 is 12.6 Å². The number of hydrogen-bond acceptors (Lipinski definition) is 15. The minimum absolute atomic E-state index is 0.0163. The number of nitrogens with one attached hydrogen (secondary N) is 5. The van der Waals surface area contributed by atoms with Crippen LogP contribution in [0.5, 0.6) is 0 Å². The van der Waals surface area contributed by atoms with E-state index in [1.165, 1.54) is 0 Å². The maximum Gasteiger partial charge on any atom is 0.327 e. The number of Topliss-reactive ketones (excluding diaryl/α,β-unsaturated/α-hetero) is 2. The second-order valence-electron chi connectivity index (χ2n) is 17.3. The summed E-state index contributed by atoms with van der Waals surface area (Å²) < 4.78 is 4.62. The molecule has 406 valence electrons. The fourth-order valence-electron chi connectivity index (χ4n) is 7.31. The average molecular weight is 1060 g/mol. The van der Waals surface area contributed by atoms with Gasteiger partial charge in [-0.1, -0.05) is 86.3 Å². The molecule has 0 aliphatic heterocycles. The van der Waals surface area contributed by atoms with Gasteiger partial charge in [-0.15, -0.1) is 0 Å². The van der Waals surface area contributed by atoms with E-state index in [1.807, 2.05) is 36.4 Å². The van der Waals surface area contributed by atoms with Crippen LogP contribution in [0.25, 0.3) is 0 Å². The number of carboxylic acids is 4. The molecule has 0 radical (unpaired) electrons. The zero-order chi connectivity index (χ0) is 55.0. The van der Waals surface area contributed by atoms with Gasteiger partial charge in [-0.25, -0.2) is 14.4 Å². The number of hydrogen-bond donors (Lipinski definition) is 12. The maximum atomic E-state index is 14.2. The van der Waals surface area contributed by atoms with Gasteiger partial charge in [-0.3, -0.25) is 43.3 Å². The number of nitrogens with two attached hydrogens (primary N) is 2. The first-order valence-corrected chi connectivity index (χ1v) is 24.6. The molecule has 0 aliphatic rings. The number of ether oxygens (including phenoxy) is 1. The largest absolute Gasteiger partial charge is 0.481 e. The molecule has 2 aromatic carbocycles. The number of aliphatic carboxylic acids is 4. The molecule has 0 aromatic heterocycles. The van der Waals surface area contributed by atoms with E-state index in [-0.39, 0.29) is 86.9 Å². The van der Waals surface area contributed by atoms with Gasteiger partial charge in [0, 0.05) is 43.8 Å². The Balaban J connectivity index is 1.98. The molecule has 0 unspecified atom stereocenters. The highest BCUT2D eigenvalue weighted by molar-refractivity contribution is 7.80. The van der Waals surface area contributed by atoms with E-state index in [0.29, 0.717) is 25.7 Å². The van der Waals surface area contributed by atoms with Crippen molar-refractivity contribution in [3.05, 3.63) is 71.8 Å². The van der Waals surface area contributed by atoms with Gasteiger partial charge in [0.15, 0.2) is 12.0 Å². The molecule has 0 saturated heterocycles. The molecule has 7 atom stereocenters. The van der Waals surface area contributed by atoms with Crippen LogP contribution in [0.15, 0.2) is 65.7 Å². The van der Waals surface area contributed by atoms with Crippen LogP contribution in [-0.4, -0.2) is 141 Å². The number of urea groups is 1. The van der Waals surface area contributed by atoms with Crippen molar-refractivity contribution in [1.82, 2.24) is 26.6 Å². The fraction of sp³-hybridized carbons (Fsp3) is 0.510. The molecule has 74 heavy (non-hydrogen) atoms. The predicted octanol–water partition coefficient (Wildman–Crippen LogP) is 1.26. The van der Waals surface area contributed by atoms with Crippen molar-refractivity contribution in [2.24, 2.45) is 22.4 Å². The molecule has 0 heterocycles. The van der Waals surface area contributed by atoms with Crippen molar-refractivity contribution in [3.8, 4) is 0 Å². The summed E-state index contributed by atoms with van der Waals surface area (Å²) in [4.78, 5) is 138. The van der Waals surface area contributed by atoms with Crippen molar-refractivity contribution in [2.45, 2.75) is 139 Å². The Hall–Kier alpha value is -7.41. The third kappa shape index (κ3) is 26.3.